The van der Waals surface area contributed by atoms with Gasteiger partial charge in [-0.25, -0.2) is 0 Å². The van der Waals surface area contributed by atoms with E-state index in [2.05, 4.69) is 22.3 Å². The van der Waals surface area contributed by atoms with Crippen LogP contribution in [0, 0.1) is 12.8 Å². The van der Waals surface area contributed by atoms with Gasteiger partial charge in [0.05, 0.1) is 19.1 Å². The molecule has 0 saturated carbocycles. The average molecular weight is 422 g/mol. The highest BCUT2D eigenvalue weighted by atomic mass is 16.5. The fourth-order valence-corrected chi connectivity index (χ4v) is 4.54. The van der Waals surface area contributed by atoms with Crippen molar-refractivity contribution in [3.8, 4) is 5.75 Å². The Morgan fingerprint density at radius 2 is 1.77 bits per heavy atom. The van der Waals surface area contributed by atoms with Gasteiger partial charge in [0.25, 0.3) is 0 Å². The Labute approximate surface area is 184 Å². The molecule has 31 heavy (non-hydrogen) atoms. The fraction of sp³-hybridized carbons (Fsp3) is 0.440. The molecule has 2 amide bonds. The minimum absolute atomic E-state index is 0.00949. The summed E-state index contributed by atoms with van der Waals surface area (Å²) in [5, 5.41) is 3.14. The second-order valence-electron chi connectivity index (χ2n) is 8.52. The van der Waals surface area contributed by atoms with E-state index in [9.17, 15) is 9.59 Å². The summed E-state index contributed by atoms with van der Waals surface area (Å²) in [5.74, 6) is 0.480. The Morgan fingerprint density at radius 3 is 2.42 bits per heavy atom. The van der Waals surface area contributed by atoms with Gasteiger partial charge in [-0.3, -0.25) is 14.5 Å². The van der Waals surface area contributed by atoms with E-state index in [0.717, 1.165) is 30.1 Å². The SMILES string of the molecule is COc1ccc(C(CNC(=O)C2CC(=O)N(c3ccc(C)cc3)C2)N2CCCC2)cc1. The molecule has 1 N–H and O–H groups in total. The number of likely N-dealkylation sites (tertiary alicyclic amines) is 1. The lowest BCUT2D eigenvalue weighted by molar-refractivity contribution is -0.126. The molecule has 2 atom stereocenters. The molecule has 2 saturated heterocycles. The monoisotopic (exact) mass is 421 g/mol. The van der Waals surface area contributed by atoms with Gasteiger partial charge in [0.15, 0.2) is 0 Å². The predicted octanol–water partition coefficient (Wildman–Crippen LogP) is 3.31. The number of hydrogen-bond donors (Lipinski definition) is 1. The molecule has 2 fully saturated rings. The van der Waals surface area contributed by atoms with Crippen LogP contribution in [0.2, 0.25) is 0 Å². The number of carbonyl (C=O) groups excluding carboxylic acids is 2. The summed E-state index contributed by atoms with van der Waals surface area (Å²) >= 11 is 0. The summed E-state index contributed by atoms with van der Waals surface area (Å²) < 4.78 is 5.28. The van der Waals surface area contributed by atoms with E-state index in [0.29, 0.717) is 13.1 Å². The maximum Gasteiger partial charge on any atom is 0.227 e. The zero-order chi connectivity index (χ0) is 21.8. The maximum atomic E-state index is 12.9. The molecule has 2 unspecified atom stereocenters. The quantitative estimate of drug-likeness (QED) is 0.745. The third-order valence-electron chi connectivity index (χ3n) is 6.39. The first-order valence-corrected chi connectivity index (χ1v) is 11.1. The number of nitrogens with zero attached hydrogens (tertiary/aromatic N) is 2. The second kappa shape index (κ2) is 9.52. The van der Waals surface area contributed by atoms with E-state index in [-0.39, 0.29) is 30.2 Å². The van der Waals surface area contributed by atoms with Gasteiger partial charge in [0.2, 0.25) is 11.8 Å². The Bertz CT molecular complexity index is 905. The van der Waals surface area contributed by atoms with Gasteiger partial charge in [-0.05, 0) is 62.7 Å². The Hall–Kier alpha value is -2.86. The van der Waals surface area contributed by atoms with Crippen LogP contribution in [-0.4, -0.2) is 50.0 Å². The number of anilines is 1. The smallest absolute Gasteiger partial charge is 0.227 e. The molecule has 2 aromatic carbocycles. The number of methoxy groups -OCH3 is 1. The van der Waals surface area contributed by atoms with Gasteiger partial charge < -0.3 is 15.0 Å². The van der Waals surface area contributed by atoms with E-state index < -0.39 is 0 Å². The molecular formula is C25H31N3O3. The molecule has 164 valence electrons. The molecule has 2 aliphatic rings. The van der Waals surface area contributed by atoms with Gasteiger partial charge in [-0.2, -0.15) is 0 Å². The molecular weight excluding hydrogens is 390 g/mol. The number of rotatable bonds is 7. The van der Waals surface area contributed by atoms with Crippen molar-refractivity contribution < 1.29 is 14.3 Å². The lowest BCUT2D eigenvalue weighted by atomic mass is 10.0. The summed E-state index contributed by atoms with van der Waals surface area (Å²) in [6.07, 6.45) is 2.63. The first kappa shape index (κ1) is 21.4. The minimum Gasteiger partial charge on any atom is -0.497 e. The van der Waals surface area contributed by atoms with Crippen LogP contribution in [0.4, 0.5) is 5.69 Å². The summed E-state index contributed by atoms with van der Waals surface area (Å²) in [6, 6.07) is 16.1. The van der Waals surface area contributed by atoms with Crippen molar-refractivity contribution in [2.75, 3.05) is 38.2 Å². The molecule has 4 rings (SSSR count). The van der Waals surface area contributed by atoms with Crippen LogP contribution in [0.1, 0.15) is 36.4 Å². The first-order valence-electron chi connectivity index (χ1n) is 11.1. The molecule has 6 heteroatoms. The van der Waals surface area contributed by atoms with Crippen LogP contribution in [-0.2, 0) is 9.59 Å². The number of hydrogen-bond acceptors (Lipinski definition) is 4. The van der Waals surface area contributed by atoms with Gasteiger partial charge in [-0.15, -0.1) is 0 Å². The van der Waals surface area contributed by atoms with Crippen LogP contribution >= 0.6 is 0 Å². The number of carbonyl (C=O) groups is 2. The molecule has 2 aromatic rings. The molecule has 0 aliphatic carbocycles. The highest BCUT2D eigenvalue weighted by Crippen LogP contribution is 2.28. The zero-order valence-electron chi connectivity index (χ0n) is 18.3. The summed E-state index contributed by atoms with van der Waals surface area (Å²) in [4.78, 5) is 29.6. The van der Waals surface area contributed by atoms with E-state index >= 15 is 0 Å². The molecule has 0 aromatic heterocycles. The zero-order valence-corrected chi connectivity index (χ0v) is 18.3. The second-order valence-corrected chi connectivity index (χ2v) is 8.52. The van der Waals surface area contributed by atoms with E-state index in [1.54, 1.807) is 12.0 Å². The molecule has 0 spiro atoms. The fourth-order valence-electron chi connectivity index (χ4n) is 4.54. The van der Waals surface area contributed by atoms with Crippen molar-refractivity contribution in [1.29, 1.82) is 0 Å². The number of nitrogens with one attached hydrogen (secondary N) is 1. The topological polar surface area (TPSA) is 61.9 Å². The summed E-state index contributed by atoms with van der Waals surface area (Å²) in [6.45, 7) is 5.07. The van der Waals surface area contributed by atoms with Crippen molar-refractivity contribution in [3.63, 3.8) is 0 Å². The van der Waals surface area contributed by atoms with Crippen molar-refractivity contribution in [3.05, 3.63) is 59.7 Å². The third kappa shape index (κ3) is 4.90. The van der Waals surface area contributed by atoms with Gasteiger partial charge >= 0.3 is 0 Å². The predicted molar refractivity (Wildman–Crippen MR) is 121 cm³/mol. The number of amides is 2. The summed E-state index contributed by atoms with van der Waals surface area (Å²) in [5.41, 5.74) is 3.18. The number of ether oxygens (including phenoxy) is 1. The van der Waals surface area contributed by atoms with E-state index in [4.69, 9.17) is 4.74 Å². The van der Waals surface area contributed by atoms with Crippen molar-refractivity contribution in [2.45, 2.75) is 32.2 Å². The first-order chi connectivity index (χ1) is 15.0. The Kier molecular flexibility index (Phi) is 6.56. The minimum atomic E-state index is -0.316. The summed E-state index contributed by atoms with van der Waals surface area (Å²) in [7, 11) is 1.66. The molecule has 2 heterocycles. The van der Waals surface area contributed by atoms with Crippen LogP contribution in [0.25, 0.3) is 0 Å². The van der Waals surface area contributed by atoms with Gasteiger partial charge in [-0.1, -0.05) is 29.8 Å². The lowest BCUT2D eigenvalue weighted by Crippen LogP contribution is -2.40. The third-order valence-corrected chi connectivity index (χ3v) is 6.39. The average Bonchev–Trinajstić information content (AvgIpc) is 3.45. The van der Waals surface area contributed by atoms with Crippen molar-refractivity contribution in [2.24, 2.45) is 5.92 Å². The van der Waals surface area contributed by atoms with E-state index in [1.165, 1.54) is 18.4 Å². The van der Waals surface area contributed by atoms with E-state index in [1.807, 2.05) is 43.3 Å². The Morgan fingerprint density at radius 1 is 1.10 bits per heavy atom. The normalized spacial score (nSPS) is 20.1. The van der Waals surface area contributed by atoms with Crippen LogP contribution in [0.15, 0.2) is 48.5 Å². The lowest BCUT2D eigenvalue weighted by Gasteiger charge is -2.28. The van der Waals surface area contributed by atoms with Gasteiger partial charge in [0, 0.05) is 25.2 Å². The Balaban J connectivity index is 1.40. The maximum absolute atomic E-state index is 12.9. The highest BCUT2D eigenvalue weighted by molar-refractivity contribution is 6.00. The van der Waals surface area contributed by atoms with Crippen LogP contribution < -0.4 is 15.0 Å². The molecule has 6 nitrogen and oxygen atoms in total. The number of aryl methyl sites for hydroxylation is 1. The number of benzene rings is 2. The van der Waals surface area contributed by atoms with Crippen LogP contribution in [0.3, 0.4) is 0 Å². The molecule has 0 bridgehead atoms. The molecule has 0 radical (unpaired) electrons. The van der Waals surface area contributed by atoms with Crippen molar-refractivity contribution >= 4 is 17.5 Å². The molecule has 2 aliphatic heterocycles. The van der Waals surface area contributed by atoms with Gasteiger partial charge in [0.1, 0.15) is 5.75 Å². The van der Waals surface area contributed by atoms with Crippen LogP contribution in [0.5, 0.6) is 5.75 Å². The standard InChI is InChI=1S/C25H31N3O3/c1-18-5-9-21(10-6-18)28-17-20(15-24(28)29)25(30)26-16-23(27-13-3-4-14-27)19-7-11-22(31-2)12-8-19/h5-12,20,23H,3-4,13-17H2,1-2H3,(H,26,30). The van der Waals surface area contributed by atoms with Crippen molar-refractivity contribution in [1.82, 2.24) is 10.2 Å². The highest BCUT2D eigenvalue weighted by Gasteiger charge is 2.35. The largest absolute Gasteiger partial charge is 0.497 e.